The SMILES string of the molecule is CCCc1cc(C(=O)N[C@@H](C(=O)O)c2ccc(F)cc2)n[nH]1. The van der Waals surface area contributed by atoms with Crippen LogP contribution in [0.2, 0.25) is 0 Å². The molecule has 1 amide bonds. The van der Waals surface area contributed by atoms with Gasteiger partial charge in [-0.1, -0.05) is 25.5 Å². The van der Waals surface area contributed by atoms with E-state index in [1.54, 1.807) is 6.07 Å². The zero-order chi connectivity index (χ0) is 16.1. The van der Waals surface area contributed by atoms with Gasteiger partial charge in [-0.3, -0.25) is 9.89 Å². The summed E-state index contributed by atoms with van der Waals surface area (Å²) in [6, 6.07) is 5.25. The third-order valence-corrected chi connectivity index (χ3v) is 3.11. The second kappa shape index (κ2) is 6.84. The molecule has 0 aliphatic heterocycles. The summed E-state index contributed by atoms with van der Waals surface area (Å²) >= 11 is 0. The number of aromatic amines is 1. The molecule has 0 aliphatic carbocycles. The Balaban J connectivity index is 2.14. The van der Waals surface area contributed by atoms with E-state index in [4.69, 9.17) is 0 Å². The minimum Gasteiger partial charge on any atom is -0.479 e. The third-order valence-electron chi connectivity index (χ3n) is 3.11. The van der Waals surface area contributed by atoms with Gasteiger partial charge in [-0.15, -0.1) is 0 Å². The Kier molecular flexibility index (Phi) is 4.88. The molecule has 0 aliphatic rings. The van der Waals surface area contributed by atoms with Crippen LogP contribution in [0, 0.1) is 5.82 Å². The lowest BCUT2D eigenvalue weighted by atomic mass is 10.1. The molecule has 0 fully saturated rings. The first-order valence-corrected chi connectivity index (χ1v) is 6.84. The van der Waals surface area contributed by atoms with Gasteiger partial charge in [0.15, 0.2) is 6.04 Å². The number of hydrogen-bond acceptors (Lipinski definition) is 3. The van der Waals surface area contributed by atoms with Crippen molar-refractivity contribution in [2.24, 2.45) is 0 Å². The van der Waals surface area contributed by atoms with Gasteiger partial charge in [0.05, 0.1) is 0 Å². The zero-order valence-electron chi connectivity index (χ0n) is 12.0. The van der Waals surface area contributed by atoms with Crippen LogP contribution in [0.5, 0.6) is 0 Å². The lowest BCUT2D eigenvalue weighted by Crippen LogP contribution is -2.34. The number of halogens is 1. The highest BCUT2D eigenvalue weighted by Gasteiger charge is 2.23. The van der Waals surface area contributed by atoms with Gasteiger partial charge < -0.3 is 10.4 Å². The fourth-order valence-electron chi connectivity index (χ4n) is 2.02. The Morgan fingerprint density at radius 3 is 2.64 bits per heavy atom. The van der Waals surface area contributed by atoms with Gasteiger partial charge in [0.25, 0.3) is 5.91 Å². The third kappa shape index (κ3) is 3.69. The van der Waals surface area contributed by atoms with E-state index >= 15 is 0 Å². The molecule has 0 saturated heterocycles. The molecule has 7 heteroatoms. The normalized spacial score (nSPS) is 11.9. The summed E-state index contributed by atoms with van der Waals surface area (Å²) < 4.78 is 12.9. The van der Waals surface area contributed by atoms with Crippen molar-refractivity contribution >= 4 is 11.9 Å². The predicted molar refractivity (Wildman–Crippen MR) is 76.8 cm³/mol. The number of carboxylic acid groups (broad SMARTS) is 1. The number of aliphatic carboxylic acids is 1. The monoisotopic (exact) mass is 305 g/mol. The largest absolute Gasteiger partial charge is 0.479 e. The van der Waals surface area contributed by atoms with Crippen molar-refractivity contribution in [3.8, 4) is 0 Å². The number of nitrogens with zero attached hydrogens (tertiary/aromatic N) is 1. The van der Waals surface area contributed by atoms with Gasteiger partial charge >= 0.3 is 5.97 Å². The number of amides is 1. The summed E-state index contributed by atoms with van der Waals surface area (Å²) in [7, 11) is 0. The highest BCUT2D eigenvalue weighted by molar-refractivity contribution is 5.95. The minimum absolute atomic E-state index is 0.122. The van der Waals surface area contributed by atoms with Gasteiger partial charge in [0.1, 0.15) is 11.5 Å². The lowest BCUT2D eigenvalue weighted by molar-refractivity contribution is -0.139. The van der Waals surface area contributed by atoms with Crippen molar-refractivity contribution in [3.63, 3.8) is 0 Å². The van der Waals surface area contributed by atoms with E-state index in [1.807, 2.05) is 6.92 Å². The number of carboxylic acids is 1. The Morgan fingerprint density at radius 1 is 1.36 bits per heavy atom. The molecule has 0 bridgehead atoms. The number of carbonyl (C=O) groups excluding carboxylic acids is 1. The molecule has 2 rings (SSSR count). The molecule has 6 nitrogen and oxygen atoms in total. The highest BCUT2D eigenvalue weighted by atomic mass is 19.1. The first-order chi connectivity index (χ1) is 10.5. The summed E-state index contributed by atoms with van der Waals surface area (Å²) in [5.74, 6) is -2.31. The van der Waals surface area contributed by atoms with E-state index in [2.05, 4.69) is 15.5 Å². The lowest BCUT2D eigenvalue weighted by Gasteiger charge is -2.14. The summed E-state index contributed by atoms with van der Waals surface area (Å²) in [6.07, 6.45) is 1.65. The van der Waals surface area contributed by atoms with Gasteiger partial charge in [-0.2, -0.15) is 5.10 Å². The van der Waals surface area contributed by atoms with Gasteiger partial charge in [-0.25, -0.2) is 9.18 Å². The van der Waals surface area contributed by atoms with E-state index in [9.17, 15) is 19.1 Å². The van der Waals surface area contributed by atoms with E-state index in [0.29, 0.717) is 0 Å². The Morgan fingerprint density at radius 2 is 2.05 bits per heavy atom. The molecule has 1 atom stereocenters. The molecular formula is C15H16FN3O3. The molecule has 0 spiro atoms. The molecule has 1 aromatic heterocycles. The number of rotatable bonds is 6. The fourth-order valence-corrected chi connectivity index (χ4v) is 2.02. The van der Waals surface area contributed by atoms with Crippen molar-refractivity contribution in [1.29, 1.82) is 0 Å². The van der Waals surface area contributed by atoms with E-state index in [1.165, 1.54) is 12.1 Å². The van der Waals surface area contributed by atoms with Crippen LogP contribution in [0.4, 0.5) is 4.39 Å². The van der Waals surface area contributed by atoms with Crippen LogP contribution in [0.15, 0.2) is 30.3 Å². The first-order valence-electron chi connectivity index (χ1n) is 6.84. The number of aryl methyl sites for hydroxylation is 1. The topological polar surface area (TPSA) is 95.1 Å². The fraction of sp³-hybridized carbons (Fsp3) is 0.267. The second-order valence-corrected chi connectivity index (χ2v) is 4.82. The molecule has 1 aromatic carbocycles. The van der Waals surface area contributed by atoms with Crippen LogP contribution in [-0.4, -0.2) is 27.2 Å². The number of H-pyrrole nitrogens is 1. The number of hydrogen-bond donors (Lipinski definition) is 3. The molecule has 3 N–H and O–H groups in total. The van der Waals surface area contributed by atoms with Gasteiger partial charge in [-0.05, 0) is 30.2 Å². The summed E-state index contributed by atoms with van der Waals surface area (Å²) in [5.41, 5.74) is 1.21. The summed E-state index contributed by atoms with van der Waals surface area (Å²) in [6.45, 7) is 2.00. The van der Waals surface area contributed by atoms with Crippen molar-refractivity contribution in [1.82, 2.24) is 15.5 Å². The van der Waals surface area contributed by atoms with Crippen LogP contribution >= 0.6 is 0 Å². The van der Waals surface area contributed by atoms with Crippen molar-refractivity contribution in [2.75, 3.05) is 0 Å². The molecule has 2 aromatic rings. The van der Waals surface area contributed by atoms with Crippen molar-refractivity contribution in [2.45, 2.75) is 25.8 Å². The average molecular weight is 305 g/mol. The van der Waals surface area contributed by atoms with Gasteiger partial charge in [0, 0.05) is 5.69 Å². The standard InChI is InChI=1S/C15H16FN3O3/c1-2-3-11-8-12(19-18-11)14(20)17-13(15(21)22)9-4-6-10(16)7-5-9/h4-8,13H,2-3H2,1H3,(H,17,20)(H,18,19)(H,21,22)/t13-/m1/s1. The van der Waals surface area contributed by atoms with E-state index < -0.39 is 23.7 Å². The maximum atomic E-state index is 12.9. The quantitative estimate of drug-likeness (QED) is 0.761. The molecule has 116 valence electrons. The Bertz CT molecular complexity index is 667. The van der Waals surface area contributed by atoms with Crippen LogP contribution in [-0.2, 0) is 11.2 Å². The summed E-state index contributed by atoms with van der Waals surface area (Å²) in [4.78, 5) is 23.4. The van der Waals surface area contributed by atoms with Crippen molar-refractivity contribution < 1.29 is 19.1 Å². The molecular weight excluding hydrogens is 289 g/mol. The minimum atomic E-state index is -1.26. The molecule has 1 heterocycles. The Labute approximate surface area is 126 Å². The predicted octanol–water partition coefficient (Wildman–Crippen LogP) is 2.06. The summed E-state index contributed by atoms with van der Waals surface area (Å²) in [5, 5.41) is 18.2. The molecule has 0 unspecified atom stereocenters. The maximum absolute atomic E-state index is 12.9. The van der Waals surface area contributed by atoms with Crippen LogP contribution in [0.3, 0.4) is 0 Å². The number of carbonyl (C=O) groups is 2. The maximum Gasteiger partial charge on any atom is 0.330 e. The highest BCUT2D eigenvalue weighted by Crippen LogP contribution is 2.15. The molecule has 0 radical (unpaired) electrons. The van der Waals surface area contributed by atoms with E-state index in [-0.39, 0.29) is 11.3 Å². The van der Waals surface area contributed by atoms with E-state index in [0.717, 1.165) is 30.7 Å². The number of benzene rings is 1. The number of nitrogens with one attached hydrogen (secondary N) is 2. The van der Waals surface area contributed by atoms with Crippen LogP contribution in [0.1, 0.15) is 41.1 Å². The second-order valence-electron chi connectivity index (χ2n) is 4.82. The Hall–Kier alpha value is -2.70. The molecule has 0 saturated carbocycles. The van der Waals surface area contributed by atoms with Crippen LogP contribution < -0.4 is 5.32 Å². The first kappa shape index (κ1) is 15.7. The number of aromatic nitrogens is 2. The average Bonchev–Trinajstić information content (AvgIpc) is 2.94. The zero-order valence-corrected chi connectivity index (χ0v) is 12.0. The molecule has 22 heavy (non-hydrogen) atoms. The van der Waals surface area contributed by atoms with Crippen LogP contribution in [0.25, 0.3) is 0 Å². The van der Waals surface area contributed by atoms with Gasteiger partial charge in [0.2, 0.25) is 0 Å². The van der Waals surface area contributed by atoms with Crippen molar-refractivity contribution in [3.05, 3.63) is 53.1 Å². The smallest absolute Gasteiger partial charge is 0.330 e.